The molecule has 0 aliphatic heterocycles. The van der Waals surface area contributed by atoms with E-state index in [9.17, 15) is 0 Å². The lowest BCUT2D eigenvalue weighted by atomic mass is 10.2. The Morgan fingerprint density at radius 3 is 2.86 bits per heavy atom. The van der Waals surface area contributed by atoms with Gasteiger partial charge in [-0.3, -0.25) is 4.98 Å². The van der Waals surface area contributed by atoms with Gasteiger partial charge in [-0.15, -0.1) is 0 Å². The van der Waals surface area contributed by atoms with Gasteiger partial charge in [0.25, 0.3) is 0 Å². The van der Waals surface area contributed by atoms with Crippen LogP contribution in [0.4, 0.5) is 5.69 Å². The van der Waals surface area contributed by atoms with E-state index in [1.807, 2.05) is 30.5 Å². The van der Waals surface area contributed by atoms with Gasteiger partial charge in [-0.2, -0.15) is 0 Å². The summed E-state index contributed by atoms with van der Waals surface area (Å²) in [5.74, 6) is 0. The molecule has 3 nitrogen and oxygen atoms in total. The molecule has 1 aromatic carbocycles. The number of nitrogens with zero attached hydrogens (tertiary/aromatic N) is 1. The van der Waals surface area contributed by atoms with Crippen LogP contribution in [0.25, 0.3) is 21.8 Å². The topological polar surface area (TPSA) is 54.7 Å². The highest BCUT2D eigenvalue weighted by atomic mass is 14.7. The van der Waals surface area contributed by atoms with Crippen LogP contribution >= 0.6 is 0 Å². The number of hydrogen-bond acceptors (Lipinski definition) is 2. The molecule has 68 valence electrons. The Labute approximate surface area is 80.6 Å². The van der Waals surface area contributed by atoms with E-state index in [0.717, 1.165) is 16.7 Å². The van der Waals surface area contributed by atoms with E-state index in [1.54, 1.807) is 6.20 Å². The maximum absolute atomic E-state index is 5.71. The predicted octanol–water partition coefficient (Wildman–Crippen LogP) is 2.30. The molecule has 0 radical (unpaired) electrons. The number of nitrogens with one attached hydrogen (secondary N) is 1. The van der Waals surface area contributed by atoms with Crippen LogP contribution in [0.5, 0.6) is 0 Å². The average molecular weight is 183 g/mol. The number of hydrogen-bond donors (Lipinski definition) is 2. The van der Waals surface area contributed by atoms with Crippen LogP contribution in [0.1, 0.15) is 0 Å². The lowest BCUT2D eigenvalue weighted by molar-refractivity contribution is 1.35. The Kier molecular flexibility index (Phi) is 1.31. The number of aromatic nitrogens is 2. The van der Waals surface area contributed by atoms with Gasteiger partial charge >= 0.3 is 0 Å². The molecule has 0 saturated carbocycles. The summed E-state index contributed by atoms with van der Waals surface area (Å²) in [5, 5.41) is 2.38. The minimum atomic E-state index is 0.775. The number of benzene rings is 1. The standard InChI is InChI=1S/C11H9N3/c12-7-1-2-8-9-3-4-13-6-11(9)14-10(8)5-7/h1-6,14H,12H2. The number of pyridine rings is 1. The van der Waals surface area contributed by atoms with Crippen LogP contribution in [-0.2, 0) is 0 Å². The first-order valence-corrected chi connectivity index (χ1v) is 4.45. The number of fused-ring (bicyclic) bond motifs is 3. The number of aromatic amines is 1. The van der Waals surface area contributed by atoms with Crippen LogP contribution in [-0.4, -0.2) is 9.97 Å². The molecule has 2 heterocycles. The monoisotopic (exact) mass is 183 g/mol. The summed E-state index contributed by atoms with van der Waals surface area (Å²) < 4.78 is 0. The van der Waals surface area contributed by atoms with Crippen molar-refractivity contribution < 1.29 is 0 Å². The second kappa shape index (κ2) is 2.48. The molecule has 0 saturated heterocycles. The molecule has 0 aliphatic rings. The fourth-order valence-corrected chi connectivity index (χ4v) is 1.77. The summed E-state index contributed by atoms with van der Waals surface area (Å²) in [4.78, 5) is 7.34. The molecule has 0 spiro atoms. The highest BCUT2D eigenvalue weighted by molar-refractivity contribution is 6.07. The van der Waals surface area contributed by atoms with E-state index < -0.39 is 0 Å². The minimum absolute atomic E-state index is 0.775. The van der Waals surface area contributed by atoms with Crippen LogP contribution in [0.15, 0.2) is 36.7 Å². The molecule has 0 fully saturated rings. The fraction of sp³-hybridized carbons (Fsp3) is 0. The summed E-state index contributed by atoms with van der Waals surface area (Å²) in [5.41, 5.74) is 8.60. The van der Waals surface area contributed by atoms with E-state index in [1.165, 1.54) is 10.8 Å². The Hall–Kier alpha value is -2.03. The van der Waals surface area contributed by atoms with Gasteiger partial charge in [0.15, 0.2) is 0 Å². The first-order valence-electron chi connectivity index (χ1n) is 4.45. The van der Waals surface area contributed by atoms with Crippen molar-refractivity contribution in [2.45, 2.75) is 0 Å². The van der Waals surface area contributed by atoms with Crippen molar-refractivity contribution in [1.29, 1.82) is 0 Å². The van der Waals surface area contributed by atoms with Gasteiger partial charge in [0, 0.05) is 28.2 Å². The molecule has 0 aliphatic carbocycles. The van der Waals surface area contributed by atoms with E-state index in [4.69, 9.17) is 5.73 Å². The van der Waals surface area contributed by atoms with Gasteiger partial charge in [0.1, 0.15) is 0 Å². The van der Waals surface area contributed by atoms with Crippen molar-refractivity contribution in [3.63, 3.8) is 0 Å². The molecule has 3 N–H and O–H groups in total. The Morgan fingerprint density at radius 2 is 1.93 bits per heavy atom. The number of nitrogen functional groups attached to an aromatic ring is 1. The van der Waals surface area contributed by atoms with Crippen LogP contribution in [0, 0.1) is 0 Å². The summed E-state index contributed by atoms with van der Waals surface area (Å²) in [6.45, 7) is 0. The third-order valence-corrected chi connectivity index (χ3v) is 2.42. The molecule has 14 heavy (non-hydrogen) atoms. The zero-order valence-electron chi connectivity index (χ0n) is 7.49. The Balaban J connectivity index is 2.57. The van der Waals surface area contributed by atoms with Crippen LogP contribution < -0.4 is 5.73 Å². The lowest BCUT2D eigenvalue weighted by Gasteiger charge is -1.92. The zero-order chi connectivity index (χ0) is 9.54. The molecule has 3 rings (SSSR count). The SMILES string of the molecule is Nc1ccc2c(c1)[nH]c1cnccc12. The normalized spacial score (nSPS) is 11.1. The van der Waals surface area contributed by atoms with Crippen molar-refractivity contribution in [1.82, 2.24) is 9.97 Å². The van der Waals surface area contributed by atoms with Crippen molar-refractivity contribution in [3.8, 4) is 0 Å². The minimum Gasteiger partial charge on any atom is -0.399 e. The molecule has 0 amide bonds. The number of H-pyrrole nitrogens is 1. The van der Waals surface area contributed by atoms with Gasteiger partial charge < -0.3 is 10.7 Å². The molecule has 0 bridgehead atoms. The molecular weight excluding hydrogens is 174 g/mol. The molecule has 3 heteroatoms. The third-order valence-electron chi connectivity index (χ3n) is 2.42. The molecule has 0 unspecified atom stereocenters. The van der Waals surface area contributed by atoms with Crippen molar-refractivity contribution in [2.75, 3.05) is 5.73 Å². The second-order valence-electron chi connectivity index (χ2n) is 3.35. The molecule has 3 aromatic rings. The van der Waals surface area contributed by atoms with Crippen molar-refractivity contribution in [3.05, 3.63) is 36.7 Å². The van der Waals surface area contributed by atoms with Gasteiger partial charge in [-0.1, -0.05) is 6.07 Å². The van der Waals surface area contributed by atoms with E-state index in [2.05, 4.69) is 9.97 Å². The van der Waals surface area contributed by atoms with Crippen molar-refractivity contribution in [2.24, 2.45) is 0 Å². The summed E-state index contributed by atoms with van der Waals surface area (Å²) >= 11 is 0. The van der Waals surface area contributed by atoms with Gasteiger partial charge in [-0.05, 0) is 18.2 Å². The lowest BCUT2D eigenvalue weighted by Crippen LogP contribution is -1.81. The maximum Gasteiger partial charge on any atom is 0.0651 e. The number of anilines is 1. The highest BCUT2D eigenvalue weighted by Gasteiger charge is 2.02. The smallest absolute Gasteiger partial charge is 0.0651 e. The Bertz CT molecular complexity index is 610. The summed E-state index contributed by atoms with van der Waals surface area (Å²) in [6, 6.07) is 7.89. The predicted molar refractivity (Wildman–Crippen MR) is 58.0 cm³/mol. The summed E-state index contributed by atoms with van der Waals surface area (Å²) in [7, 11) is 0. The van der Waals surface area contributed by atoms with E-state index >= 15 is 0 Å². The van der Waals surface area contributed by atoms with Crippen LogP contribution in [0.3, 0.4) is 0 Å². The number of nitrogens with two attached hydrogens (primary N) is 1. The van der Waals surface area contributed by atoms with Gasteiger partial charge in [0.05, 0.1) is 11.7 Å². The van der Waals surface area contributed by atoms with E-state index in [0.29, 0.717) is 0 Å². The zero-order valence-corrected chi connectivity index (χ0v) is 7.49. The summed E-state index contributed by atoms with van der Waals surface area (Å²) in [6.07, 6.45) is 3.62. The largest absolute Gasteiger partial charge is 0.399 e. The van der Waals surface area contributed by atoms with Gasteiger partial charge in [0.2, 0.25) is 0 Å². The third kappa shape index (κ3) is 0.893. The first-order chi connectivity index (χ1) is 6.84. The maximum atomic E-state index is 5.71. The number of rotatable bonds is 0. The molecule has 0 atom stereocenters. The van der Waals surface area contributed by atoms with E-state index in [-0.39, 0.29) is 0 Å². The first kappa shape index (κ1) is 7.38. The molecule has 2 aromatic heterocycles. The van der Waals surface area contributed by atoms with Crippen LogP contribution in [0.2, 0.25) is 0 Å². The van der Waals surface area contributed by atoms with Crippen molar-refractivity contribution >= 4 is 27.5 Å². The fourth-order valence-electron chi connectivity index (χ4n) is 1.77. The second-order valence-corrected chi connectivity index (χ2v) is 3.35. The molecular formula is C11H9N3. The van der Waals surface area contributed by atoms with Gasteiger partial charge in [-0.25, -0.2) is 0 Å². The average Bonchev–Trinajstić information content (AvgIpc) is 2.54. The highest BCUT2D eigenvalue weighted by Crippen LogP contribution is 2.25. The Morgan fingerprint density at radius 1 is 1.07 bits per heavy atom. The quantitative estimate of drug-likeness (QED) is 0.525.